The van der Waals surface area contributed by atoms with Crippen molar-refractivity contribution in [2.75, 3.05) is 13.1 Å². The molecule has 0 aromatic heterocycles. The number of ether oxygens (including phenoxy) is 1. The second-order valence-corrected chi connectivity index (χ2v) is 7.77. The normalized spacial score (nSPS) is 17.5. The van der Waals surface area contributed by atoms with E-state index in [9.17, 15) is 9.59 Å². The number of benzene rings is 2. The standard InChI is InChI=1S/C24H27NO3/c26-23(25-15-7-2-8-16-25)22(19-10-3-1-4-11-19)28-24(27)21-14-13-18-9-5-6-12-20(18)17-21/h1,3-4,10-11,13-14,17,22H,2,5-9,12,15-16H2/t22-/m0/s1. The number of hydrogen-bond donors (Lipinski definition) is 0. The van der Waals surface area contributed by atoms with Gasteiger partial charge in [0.25, 0.3) is 5.91 Å². The molecule has 1 aliphatic carbocycles. The SMILES string of the molecule is O=C(O[C@H](C(=O)N1CCCCC1)c1ccccc1)c1ccc2c(c1)CCCC2. The molecule has 1 amide bonds. The Morgan fingerprint density at radius 3 is 2.29 bits per heavy atom. The van der Waals surface area contributed by atoms with Crippen LogP contribution in [0, 0.1) is 0 Å². The molecule has 2 aromatic carbocycles. The van der Waals surface area contributed by atoms with Gasteiger partial charge in [0.2, 0.25) is 6.10 Å². The lowest BCUT2D eigenvalue weighted by molar-refractivity contribution is -0.142. The Balaban J connectivity index is 1.56. The minimum atomic E-state index is -0.886. The van der Waals surface area contributed by atoms with Crippen molar-refractivity contribution in [1.29, 1.82) is 0 Å². The summed E-state index contributed by atoms with van der Waals surface area (Å²) in [5.74, 6) is -0.537. The Morgan fingerprint density at radius 1 is 0.821 bits per heavy atom. The molecule has 1 fully saturated rings. The third-order valence-electron chi connectivity index (χ3n) is 5.80. The fourth-order valence-corrected chi connectivity index (χ4v) is 4.20. The van der Waals surface area contributed by atoms with Crippen molar-refractivity contribution >= 4 is 11.9 Å². The first kappa shape index (κ1) is 18.7. The lowest BCUT2D eigenvalue weighted by atomic mass is 9.90. The summed E-state index contributed by atoms with van der Waals surface area (Å²) in [6.07, 6.45) is 6.72. The van der Waals surface area contributed by atoms with Crippen LogP contribution in [0.25, 0.3) is 0 Å². The Hall–Kier alpha value is -2.62. The third kappa shape index (κ3) is 4.11. The van der Waals surface area contributed by atoms with Gasteiger partial charge in [-0.3, -0.25) is 4.79 Å². The van der Waals surface area contributed by atoms with Gasteiger partial charge in [-0.15, -0.1) is 0 Å². The zero-order chi connectivity index (χ0) is 19.3. The van der Waals surface area contributed by atoms with E-state index in [2.05, 4.69) is 0 Å². The van der Waals surface area contributed by atoms with Crippen molar-refractivity contribution in [2.24, 2.45) is 0 Å². The van der Waals surface area contributed by atoms with E-state index < -0.39 is 12.1 Å². The Labute approximate surface area is 166 Å². The molecular weight excluding hydrogens is 350 g/mol. The number of aryl methyl sites for hydroxylation is 2. The smallest absolute Gasteiger partial charge is 0.339 e. The summed E-state index contributed by atoms with van der Waals surface area (Å²) in [5, 5.41) is 0. The first-order valence-corrected chi connectivity index (χ1v) is 10.4. The molecule has 4 heteroatoms. The first-order valence-electron chi connectivity index (χ1n) is 10.4. The van der Waals surface area contributed by atoms with Crippen molar-refractivity contribution in [1.82, 2.24) is 4.90 Å². The third-order valence-corrected chi connectivity index (χ3v) is 5.80. The van der Waals surface area contributed by atoms with Crippen LogP contribution in [0.5, 0.6) is 0 Å². The Morgan fingerprint density at radius 2 is 1.54 bits per heavy atom. The van der Waals surface area contributed by atoms with Crippen molar-refractivity contribution in [3.05, 3.63) is 70.8 Å². The van der Waals surface area contributed by atoms with Crippen molar-refractivity contribution < 1.29 is 14.3 Å². The van der Waals surface area contributed by atoms with Crippen molar-refractivity contribution in [3.63, 3.8) is 0 Å². The van der Waals surface area contributed by atoms with E-state index in [0.29, 0.717) is 5.56 Å². The van der Waals surface area contributed by atoms with E-state index in [0.717, 1.165) is 57.2 Å². The molecule has 1 atom stereocenters. The molecule has 1 aliphatic heterocycles. The molecular formula is C24H27NO3. The minimum absolute atomic E-state index is 0.114. The molecule has 146 valence electrons. The predicted octanol–water partition coefficient (Wildman–Crippen LogP) is 4.48. The minimum Gasteiger partial charge on any atom is -0.444 e. The highest BCUT2D eigenvalue weighted by Crippen LogP contribution is 2.26. The topological polar surface area (TPSA) is 46.6 Å². The van der Waals surface area contributed by atoms with Gasteiger partial charge in [-0.1, -0.05) is 36.4 Å². The van der Waals surface area contributed by atoms with Crippen LogP contribution in [0.3, 0.4) is 0 Å². The summed E-state index contributed by atoms with van der Waals surface area (Å²) in [5.41, 5.74) is 3.82. The van der Waals surface area contributed by atoms with Gasteiger partial charge in [-0.25, -0.2) is 4.79 Å². The molecule has 1 heterocycles. The van der Waals surface area contributed by atoms with Crippen LogP contribution >= 0.6 is 0 Å². The summed E-state index contributed by atoms with van der Waals surface area (Å²) >= 11 is 0. The van der Waals surface area contributed by atoms with E-state index in [-0.39, 0.29) is 5.91 Å². The van der Waals surface area contributed by atoms with Gasteiger partial charge >= 0.3 is 5.97 Å². The van der Waals surface area contributed by atoms with E-state index in [4.69, 9.17) is 4.74 Å². The maximum Gasteiger partial charge on any atom is 0.339 e. The molecule has 4 nitrogen and oxygen atoms in total. The highest BCUT2D eigenvalue weighted by atomic mass is 16.5. The zero-order valence-corrected chi connectivity index (χ0v) is 16.2. The molecule has 2 aromatic rings. The quantitative estimate of drug-likeness (QED) is 0.738. The predicted molar refractivity (Wildman–Crippen MR) is 108 cm³/mol. The zero-order valence-electron chi connectivity index (χ0n) is 16.2. The van der Waals surface area contributed by atoms with Crippen LogP contribution in [0.2, 0.25) is 0 Å². The van der Waals surface area contributed by atoms with Crippen LogP contribution in [0.4, 0.5) is 0 Å². The van der Waals surface area contributed by atoms with E-state index in [1.54, 1.807) is 0 Å². The molecule has 0 bridgehead atoms. The monoisotopic (exact) mass is 377 g/mol. The Kier molecular flexibility index (Phi) is 5.75. The number of fused-ring (bicyclic) bond motifs is 1. The van der Waals surface area contributed by atoms with Gasteiger partial charge in [0.15, 0.2) is 0 Å². The van der Waals surface area contributed by atoms with Crippen LogP contribution < -0.4 is 0 Å². The van der Waals surface area contributed by atoms with Crippen LogP contribution in [-0.4, -0.2) is 29.9 Å². The fourth-order valence-electron chi connectivity index (χ4n) is 4.20. The molecule has 1 saturated heterocycles. The largest absolute Gasteiger partial charge is 0.444 e. The summed E-state index contributed by atoms with van der Waals surface area (Å²) in [4.78, 5) is 27.9. The van der Waals surface area contributed by atoms with Crippen LogP contribution in [-0.2, 0) is 22.4 Å². The number of hydrogen-bond acceptors (Lipinski definition) is 3. The van der Waals surface area contributed by atoms with Crippen LogP contribution in [0.1, 0.15) is 65.3 Å². The number of piperidine rings is 1. The molecule has 0 spiro atoms. The summed E-state index contributed by atoms with van der Waals surface area (Å²) in [6.45, 7) is 1.47. The summed E-state index contributed by atoms with van der Waals surface area (Å²) in [6, 6.07) is 15.2. The number of nitrogens with zero attached hydrogens (tertiary/aromatic N) is 1. The summed E-state index contributed by atoms with van der Waals surface area (Å²) in [7, 11) is 0. The molecule has 2 aliphatic rings. The fraction of sp³-hybridized carbons (Fsp3) is 0.417. The number of carbonyl (C=O) groups is 2. The number of esters is 1. The van der Waals surface area contributed by atoms with Gasteiger partial charge in [0.1, 0.15) is 0 Å². The number of amides is 1. The van der Waals surface area contributed by atoms with E-state index in [1.165, 1.54) is 17.5 Å². The van der Waals surface area contributed by atoms with Crippen molar-refractivity contribution in [3.8, 4) is 0 Å². The lowest BCUT2D eigenvalue weighted by Crippen LogP contribution is -2.40. The van der Waals surface area contributed by atoms with Gasteiger partial charge in [-0.05, 0) is 68.2 Å². The van der Waals surface area contributed by atoms with E-state index in [1.807, 2.05) is 53.4 Å². The number of rotatable bonds is 4. The molecule has 0 N–H and O–H groups in total. The molecule has 4 rings (SSSR count). The number of carbonyl (C=O) groups excluding carboxylic acids is 2. The van der Waals surface area contributed by atoms with Crippen LogP contribution in [0.15, 0.2) is 48.5 Å². The number of likely N-dealkylation sites (tertiary alicyclic amines) is 1. The van der Waals surface area contributed by atoms with Gasteiger partial charge in [-0.2, -0.15) is 0 Å². The molecule has 0 unspecified atom stereocenters. The first-order chi connectivity index (χ1) is 13.7. The second-order valence-electron chi connectivity index (χ2n) is 7.77. The summed E-state index contributed by atoms with van der Waals surface area (Å²) < 4.78 is 5.80. The molecule has 0 radical (unpaired) electrons. The lowest BCUT2D eigenvalue weighted by Gasteiger charge is -2.30. The maximum absolute atomic E-state index is 13.1. The highest BCUT2D eigenvalue weighted by Gasteiger charge is 2.30. The molecule has 0 saturated carbocycles. The Bertz CT molecular complexity index is 840. The van der Waals surface area contributed by atoms with Gasteiger partial charge < -0.3 is 9.64 Å². The van der Waals surface area contributed by atoms with Crippen molar-refractivity contribution in [2.45, 2.75) is 51.0 Å². The second kappa shape index (κ2) is 8.59. The maximum atomic E-state index is 13.1. The molecule has 28 heavy (non-hydrogen) atoms. The average molecular weight is 377 g/mol. The van der Waals surface area contributed by atoms with Gasteiger partial charge in [0, 0.05) is 18.7 Å². The average Bonchev–Trinajstić information content (AvgIpc) is 2.77. The van der Waals surface area contributed by atoms with E-state index >= 15 is 0 Å². The highest BCUT2D eigenvalue weighted by molar-refractivity contribution is 5.93. The van der Waals surface area contributed by atoms with Gasteiger partial charge in [0.05, 0.1) is 5.56 Å².